The average molecular weight is 323 g/mol. The summed E-state index contributed by atoms with van der Waals surface area (Å²) in [5, 5.41) is 5.21. The highest BCUT2D eigenvalue weighted by atomic mass is 79.9. The van der Waals surface area contributed by atoms with Gasteiger partial charge in [-0.3, -0.25) is 10.1 Å². The fourth-order valence-electron chi connectivity index (χ4n) is 3.30. The van der Waals surface area contributed by atoms with Crippen LogP contribution in [0, 0.1) is 5.41 Å². The maximum Gasteiger partial charge on any atom is 0.322 e. The summed E-state index contributed by atoms with van der Waals surface area (Å²) < 4.78 is 0.916. The Morgan fingerprint density at radius 2 is 2.00 bits per heavy atom. The molecule has 1 aliphatic carbocycles. The van der Waals surface area contributed by atoms with E-state index in [-0.39, 0.29) is 11.3 Å². The molecule has 19 heavy (non-hydrogen) atoms. The van der Waals surface area contributed by atoms with Crippen molar-refractivity contribution in [1.29, 1.82) is 0 Å². The second-order valence-corrected chi connectivity index (χ2v) is 7.05. The molecule has 1 aromatic rings. The van der Waals surface area contributed by atoms with Crippen LogP contribution in [-0.2, 0) is 16.8 Å². The molecule has 2 aliphatic rings. The van der Waals surface area contributed by atoms with Gasteiger partial charge in [-0.25, -0.2) is 4.79 Å². The Bertz CT molecular complexity index is 597. The summed E-state index contributed by atoms with van der Waals surface area (Å²) >= 11 is 3.44. The Morgan fingerprint density at radius 1 is 1.26 bits per heavy atom. The topological polar surface area (TPSA) is 58.2 Å². The molecule has 1 atom stereocenters. The van der Waals surface area contributed by atoms with Crippen molar-refractivity contribution in [3.05, 3.63) is 33.8 Å². The average Bonchev–Trinajstić information content (AvgIpc) is 2.54. The number of hydrogen-bond donors (Lipinski definition) is 2. The first-order valence-corrected chi connectivity index (χ1v) is 7.04. The highest BCUT2D eigenvalue weighted by molar-refractivity contribution is 9.10. The smallest absolute Gasteiger partial charge is 0.319 e. The van der Waals surface area contributed by atoms with Crippen molar-refractivity contribution in [2.24, 2.45) is 5.41 Å². The summed E-state index contributed by atoms with van der Waals surface area (Å²) in [6.45, 7) is 4.25. The van der Waals surface area contributed by atoms with E-state index in [0.717, 1.165) is 22.0 Å². The molecule has 0 radical (unpaired) electrons. The number of hydrogen-bond acceptors (Lipinski definition) is 2. The second kappa shape index (κ2) is 3.82. The Kier molecular flexibility index (Phi) is 2.55. The molecule has 4 nitrogen and oxygen atoms in total. The fourth-order valence-corrected chi connectivity index (χ4v) is 3.66. The fraction of sp³-hybridized carbons (Fsp3) is 0.429. The van der Waals surface area contributed by atoms with Gasteiger partial charge in [0, 0.05) is 4.47 Å². The molecule has 1 aliphatic heterocycles. The summed E-state index contributed by atoms with van der Waals surface area (Å²) in [4.78, 5) is 23.9. The van der Waals surface area contributed by atoms with E-state index in [4.69, 9.17) is 0 Å². The largest absolute Gasteiger partial charge is 0.322 e. The first kappa shape index (κ1) is 12.7. The van der Waals surface area contributed by atoms with E-state index in [0.29, 0.717) is 6.42 Å². The molecule has 100 valence electrons. The Hall–Kier alpha value is -1.36. The number of benzene rings is 1. The van der Waals surface area contributed by atoms with E-state index in [9.17, 15) is 9.59 Å². The molecule has 5 heteroatoms. The van der Waals surface area contributed by atoms with Gasteiger partial charge < -0.3 is 5.32 Å². The van der Waals surface area contributed by atoms with Crippen molar-refractivity contribution in [2.45, 2.75) is 32.2 Å². The van der Waals surface area contributed by atoms with Crippen LogP contribution >= 0.6 is 15.9 Å². The van der Waals surface area contributed by atoms with Crippen molar-refractivity contribution in [3.8, 4) is 0 Å². The van der Waals surface area contributed by atoms with Crippen molar-refractivity contribution in [3.63, 3.8) is 0 Å². The number of rotatable bonds is 0. The SMILES string of the molecule is CC1(C)Cc2ccc(Br)cc2C2(C1)NC(=O)NC2=O. The summed E-state index contributed by atoms with van der Waals surface area (Å²) in [7, 11) is 0. The third-order valence-electron chi connectivity index (χ3n) is 3.89. The molecule has 3 rings (SSSR count). The Balaban J connectivity index is 2.23. The number of imide groups is 1. The van der Waals surface area contributed by atoms with Crippen LogP contribution < -0.4 is 10.6 Å². The quantitative estimate of drug-likeness (QED) is 0.721. The van der Waals surface area contributed by atoms with Gasteiger partial charge in [0.1, 0.15) is 5.54 Å². The molecule has 0 aromatic heterocycles. The zero-order chi connectivity index (χ0) is 13.8. The lowest BCUT2D eigenvalue weighted by Gasteiger charge is -2.42. The van der Waals surface area contributed by atoms with Crippen LogP contribution in [0.25, 0.3) is 0 Å². The van der Waals surface area contributed by atoms with Crippen LogP contribution in [0.2, 0.25) is 0 Å². The predicted molar refractivity (Wildman–Crippen MR) is 74.6 cm³/mol. The van der Waals surface area contributed by atoms with E-state index in [1.807, 2.05) is 18.2 Å². The maximum absolute atomic E-state index is 12.3. The van der Waals surface area contributed by atoms with Crippen LogP contribution in [0.5, 0.6) is 0 Å². The number of carbonyl (C=O) groups is 2. The molecule has 0 bridgehead atoms. The Labute approximate surface area is 120 Å². The maximum atomic E-state index is 12.3. The minimum Gasteiger partial charge on any atom is -0.319 e. The highest BCUT2D eigenvalue weighted by Gasteiger charge is 2.53. The molecular weight excluding hydrogens is 308 g/mol. The minimum absolute atomic E-state index is 0.0320. The minimum atomic E-state index is -0.919. The molecule has 1 fully saturated rings. The van der Waals surface area contributed by atoms with E-state index in [1.165, 1.54) is 0 Å². The molecule has 1 saturated heterocycles. The van der Waals surface area contributed by atoms with Crippen LogP contribution in [-0.4, -0.2) is 11.9 Å². The normalized spacial score (nSPS) is 27.9. The highest BCUT2D eigenvalue weighted by Crippen LogP contribution is 2.46. The number of halogens is 1. The van der Waals surface area contributed by atoms with Crippen LogP contribution in [0.4, 0.5) is 4.79 Å². The lowest BCUT2D eigenvalue weighted by atomic mass is 9.65. The first-order chi connectivity index (χ1) is 8.82. The Morgan fingerprint density at radius 3 is 2.63 bits per heavy atom. The van der Waals surface area contributed by atoms with Gasteiger partial charge in [-0.05, 0) is 41.5 Å². The van der Waals surface area contributed by atoms with E-state index in [1.54, 1.807) is 0 Å². The van der Waals surface area contributed by atoms with Gasteiger partial charge in [0.15, 0.2) is 0 Å². The number of nitrogens with one attached hydrogen (secondary N) is 2. The molecule has 2 N–H and O–H groups in total. The van der Waals surface area contributed by atoms with Gasteiger partial charge in [0.2, 0.25) is 0 Å². The molecule has 1 spiro atoms. The lowest BCUT2D eigenvalue weighted by molar-refractivity contribution is -0.125. The van der Waals surface area contributed by atoms with Gasteiger partial charge in [-0.1, -0.05) is 35.8 Å². The molecule has 1 heterocycles. The summed E-state index contributed by atoms with van der Waals surface area (Å²) in [5.74, 6) is -0.246. The zero-order valence-corrected chi connectivity index (χ0v) is 12.4. The van der Waals surface area contributed by atoms with E-state index in [2.05, 4.69) is 40.4 Å². The van der Waals surface area contributed by atoms with Crippen LogP contribution in [0.1, 0.15) is 31.4 Å². The molecule has 3 amide bonds. The van der Waals surface area contributed by atoms with Gasteiger partial charge in [-0.2, -0.15) is 0 Å². The third-order valence-corrected chi connectivity index (χ3v) is 4.38. The zero-order valence-electron chi connectivity index (χ0n) is 10.8. The van der Waals surface area contributed by atoms with Crippen molar-refractivity contribution < 1.29 is 9.59 Å². The van der Waals surface area contributed by atoms with Crippen molar-refractivity contribution in [1.82, 2.24) is 10.6 Å². The first-order valence-electron chi connectivity index (χ1n) is 6.25. The predicted octanol–water partition coefficient (Wildman–Crippen LogP) is 2.46. The standard InChI is InChI=1S/C14H15BrN2O2/c1-13(2)6-8-3-4-9(15)5-10(8)14(7-13)11(18)16-12(19)17-14/h3-5H,6-7H2,1-2H3,(H2,16,17,18,19). The summed E-state index contributed by atoms with van der Waals surface area (Å²) in [5.41, 5.74) is 1.08. The molecular formula is C14H15BrN2O2. The van der Waals surface area contributed by atoms with Crippen molar-refractivity contribution >= 4 is 27.9 Å². The van der Waals surface area contributed by atoms with Gasteiger partial charge in [0.25, 0.3) is 5.91 Å². The van der Waals surface area contributed by atoms with Crippen LogP contribution in [0.3, 0.4) is 0 Å². The number of fused-ring (bicyclic) bond motifs is 2. The second-order valence-electron chi connectivity index (χ2n) is 6.13. The molecule has 1 aromatic carbocycles. The van der Waals surface area contributed by atoms with Crippen molar-refractivity contribution in [2.75, 3.05) is 0 Å². The number of urea groups is 1. The molecule has 1 unspecified atom stereocenters. The summed E-state index contributed by atoms with van der Waals surface area (Å²) in [6.07, 6.45) is 1.52. The van der Waals surface area contributed by atoms with Gasteiger partial charge in [-0.15, -0.1) is 0 Å². The van der Waals surface area contributed by atoms with E-state index < -0.39 is 11.6 Å². The van der Waals surface area contributed by atoms with Gasteiger partial charge in [0.05, 0.1) is 0 Å². The van der Waals surface area contributed by atoms with E-state index >= 15 is 0 Å². The summed E-state index contributed by atoms with van der Waals surface area (Å²) in [6, 6.07) is 5.53. The monoisotopic (exact) mass is 322 g/mol. The third kappa shape index (κ3) is 1.87. The number of amides is 3. The molecule has 0 saturated carbocycles. The number of carbonyl (C=O) groups excluding carboxylic acids is 2. The lowest BCUT2D eigenvalue weighted by Crippen LogP contribution is -2.50. The van der Waals surface area contributed by atoms with Crippen LogP contribution in [0.15, 0.2) is 22.7 Å². The van der Waals surface area contributed by atoms with Gasteiger partial charge >= 0.3 is 6.03 Å².